The van der Waals surface area contributed by atoms with E-state index in [1.54, 1.807) is 0 Å². The Balaban J connectivity index is 1.38. The van der Waals surface area contributed by atoms with Crippen LogP contribution in [0.25, 0.3) is 0 Å². The quantitative estimate of drug-likeness (QED) is 0.757. The zero-order valence-electron chi connectivity index (χ0n) is 15.8. The van der Waals surface area contributed by atoms with Crippen LogP contribution in [0.5, 0.6) is 0 Å². The van der Waals surface area contributed by atoms with Crippen molar-refractivity contribution >= 4 is 22.6 Å². The third-order valence-electron chi connectivity index (χ3n) is 5.89. The molecule has 2 aromatic heterocycles. The Kier molecular flexibility index (Phi) is 4.35. The molecule has 0 radical (unpaired) electrons. The number of hydrogen-bond donors (Lipinski definition) is 2. The molecule has 9 nitrogen and oxygen atoms in total. The van der Waals surface area contributed by atoms with E-state index < -0.39 is 10.8 Å². The Labute approximate surface area is 165 Å². The molecule has 1 atom stereocenters. The van der Waals surface area contributed by atoms with Crippen LogP contribution in [-0.2, 0) is 17.2 Å². The van der Waals surface area contributed by atoms with E-state index in [0.29, 0.717) is 35.7 Å². The average molecular weight is 404 g/mol. The topological polar surface area (TPSA) is 117 Å². The maximum Gasteiger partial charge on any atom is 0.229 e. The summed E-state index contributed by atoms with van der Waals surface area (Å²) in [6.45, 7) is 3.50. The number of nitrogens with zero attached hydrogens (tertiary/aromatic N) is 5. The van der Waals surface area contributed by atoms with Gasteiger partial charge < -0.3 is 19.8 Å². The Morgan fingerprint density at radius 2 is 2.07 bits per heavy atom. The van der Waals surface area contributed by atoms with Gasteiger partial charge in [-0.1, -0.05) is 5.16 Å². The number of aliphatic hydroxyl groups is 1. The van der Waals surface area contributed by atoms with Gasteiger partial charge >= 0.3 is 0 Å². The third-order valence-corrected chi connectivity index (χ3v) is 7.35. The Morgan fingerprint density at radius 1 is 1.29 bits per heavy atom. The van der Waals surface area contributed by atoms with Crippen LogP contribution in [0.15, 0.2) is 9.42 Å². The summed E-state index contributed by atoms with van der Waals surface area (Å²) in [7, 11) is -1.08. The summed E-state index contributed by atoms with van der Waals surface area (Å²) < 4.78 is 17.8. The van der Waals surface area contributed by atoms with Crippen molar-refractivity contribution in [3.8, 4) is 0 Å². The number of rotatable bonds is 5. The van der Waals surface area contributed by atoms with Gasteiger partial charge in [-0.25, -0.2) is 4.98 Å². The van der Waals surface area contributed by atoms with Gasteiger partial charge in [0.05, 0.1) is 28.6 Å². The van der Waals surface area contributed by atoms with E-state index in [-0.39, 0.29) is 18.1 Å². The first-order chi connectivity index (χ1) is 13.6. The van der Waals surface area contributed by atoms with Gasteiger partial charge in [-0.15, -0.1) is 0 Å². The molecule has 0 bridgehead atoms. The molecule has 10 heteroatoms. The number of fused-ring (bicyclic) bond motifs is 1. The second-order valence-corrected chi connectivity index (χ2v) is 9.46. The summed E-state index contributed by atoms with van der Waals surface area (Å²) in [6.07, 6.45) is 4.31. The van der Waals surface area contributed by atoms with Crippen molar-refractivity contribution in [2.45, 2.75) is 55.4 Å². The number of piperidine rings is 1. The second-order valence-electron chi connectivity index (χ2n) is 7.95. The van der Waals surface area contributed by atoms with Gasteiger partial charge in [0.15, 0.2) is 5.82 Å². The number of aromatic nitrogens is 4. The molecule has 1 aliphatic carbocycles. The molecule has 150 valence electrons. The largest absolute Gasteiger partial charge is 0.394 e. The van der Waals surface area contributed by atoms with E-state index in [4.69, 9.17) is 14.5 Å². The molecular weight excluding hydrogens is 380 g/mol. The zero-order chi connectivity index (χ0) is 19.3. The number of hydrogen-bond acceptors (Lipinski definition) is 9. The van der Waals surface area contributed by atoms with Crippen molar-refractivity contribution < 1.29 is 13.8 Å². The van der Waals surface area contributed by atoms with Gasteiger partial charge in [-0.05, 0) is 32.6 Å². The van der Waals surface area contributed by atoms with Crippen molar-refractivity contribution in [1.82, 2.24) is 20.1 Å². The summed E-state index contributed by atoms with van der Waals surface area (Å²) in [4.78, 5) is 16.7. The van der Waals surface area contributed by atoms with Crippen LogP contribution in [0.2, 0.25) is 0 Å². The lowest BCUT2D eigenvalue weighted by Crippen LogP contribution is -2.35. The minimum atomic E-state index is -1.08. The number of anilines is 2. The highest BCUT2D eigenvalue weighted by Crippen LogP contribution is 2.41. The lowest BCUT2D eigenvalue weighted by Gasteiger charge is -2.31. The van der Waals surface area contributed by atoms with E-state index in [1.165, 1.54) is 0 Å². The van der Waals surface area contributed by atoms with Crippen LogP contribution in [0.1, 0.15) is 49.0 Å². The molecule has 2 N–H and O–H groups in total. The highest BCUT2D eigenvalue weighted by atomic mass is 32.2. The summed E-state index contributed by atoms with van der Waals surface area (Å²) in [5.41, 5.74) is 0.559. The summed E-state index contributed by atoms with van der Waals surface area (Å²) in [5, 5.41) is 16.9. The van der Waals surface area contributed by atoms with E-state index in [0.717, 1.165) is 49.4 Å². The molecule has 1 unspecified atom stereocenters. The van der Waals surface area contributed by atoms with Gasteiger partial charge in [0.25, 0.3) is 0 Å². The number of nitrogens with one attached hydrogen (secondary N) is 1. The van der Waals surface area contributed by atoms with Crippen molar-refractivity contribution in [3.63, 3.8) is 0 Å². The first-order valence-corrected chi connectivity index (χ1v) is 11.1. The number of aliphatic hydroxyl groups excluding tert-OH is 1. The fourth-order valence-corrected chi connectivity index (χ4v) is 5.25. The normalized spacial score (nSPS) is 23.6. The molecule has 1 saturated carbocycles. The van der Waals surface area contributed by atoms with Gasteiger partial charge in [0, 0.05) is 31.2 Å². The molecule has 0 aromatic carbocycles. The van der Waals surface area contributed by atoms with Crippen molar-refractivity contribution in [2.24, 2.45) is 0 Å². The van der Waals surface area contributed by atoms with Gasteiger partial charge in [0.2, 0.25) is 11.8 Å². The summed E-state index contributed by atoms with van der Waals surface area (Å²) in [5.74, 6) is 3.55. The van der Waals surface area contributed by atoms with E-state index in [2.05, 4.69) is 20.4 Å². The fraction of sp³-hybridized carbons (Fsp3) is 0.667. The third kappa shape index (κ3) is 3.18. The molecule has 2 fully saturated rings. The van der Waals surface area contributed by atoms with Crippen molar-refractivity contribution in [2.75, 3.05) is 35.7 Å². The SMILES string of the molecule is Cc1noc(C2CCN(c3nc4c(c(NC5(CO)CC5)n3)S(=O)CC4)CC2)n1. The molecule has 28 heavy (non-hydrogen) atoms. The predicted molar refractivity (Wildman–Crippen MR) is 103 cm³/mol. The number of aryl methyl sites for hydroxylation is 2. The molecule has 2 aromatic rings. The molecule has 0 amide bonds. The van der Waals surface area contributed by atoms with Crippen LogP contribution in [0.3, 0.4) is 0 Å². The zero-order valence-corrected chi connectivity index (χ0v) is 16.7. The minimum absolute atomic E-state index is 0.0583. The Hall–Kier alpha value is -2.07. The molecule has 5 rings (SSSR count). The highest BCUT2D eigenvalue weighted by molar-refractivity contribution is 7.85. The van der Waals surface area contributed by atoms with Gasteiger partial charge in [-0.2, -0.15) is 9.97 Å². The summed E-state index contributed by atoms with van der Waals surface area (Å²) >= 11 is 0. The molecular formula is C18H24N6O3S. The molecule has 1 saturated heterocycles. The van der Waals surface area contributed by atoms with Gasteiger partial charge in [-0.3, -0.25) is 4.21 Å². The van der Waals surface area contributed by atoms with Gasteiger partial charge in [0.1, 0.15) is 10.7 Å². The van der Waals surface area contributed by atoms with Crippen molar-refractivity contribution in [3.05, 3.63) is 17.4 Å². The van der Waals surface area contributed by atoms with Crippen molar-refractivity contribution in [1.29, 1.82) is 0 Å². The maximum atomic E-state index is 12.5. The lowest BCUT2D eigenvalue weighted by atomic mass is 9.97. The van der Waals surface area contributed by atoms with Crippen LogP contribution in [-0.4, -0.2) is 60.4 Å². The van der Waals surface area contributed by atoms with E-state index >= 15 is 0 Å². The lowest BCUT2D eigenvalue weighted by molar-refractivity contribution is 0.265. The first kappa shape index (κ1) is 18.0. The van der Waals surface area contributed by atoms with Crippen LogP contribution < -0.4 is 10.2 Å². The monoisotopic (exact) mass is 404 g/mol. The molecule has 2 aliphatic heterocycles. The van der Waals surface area contributed by atoms with E-state index in [9.17, 15) is 9.32 Å². The maximum absolute atomic E-state index is 12.5. The Bertz CT molecular complexity index is 920. The molecule has 0 spiro atoms. The predicted octanol–water partition coefficient (Wildman–Crippen LogP) is 1.15. The fourth-order valence-electron chi connectivity index (χ4n) is 3.94. The highest BCUT2D eigenvalue weighted by Gasteiger charge is 2.44. The second kappa shape index (κ2) is 6.77. The van der Waals surface area contributed by atoms with Crippen LogP contribution in [0, 0.1) is 6.92 Å². The summed E-state index contributed by atoms with van der Waals surface area (Å²) in [6, 6.07) is 0. The van der Waals surface area contributed by atoms with E-state index in [1.807, 2.05) is 6.92 Å². The van der Waals surface area contributed by atoms with Crippen LogP contribution >= 0.6 is 0 Å². The Morgan fingerprint density at radius 3 is 2.71 bits per heavy atom. The first-order valence-electron chi connectivity index (χ1n) is 9.80. The smallest absolute Gasteiger partial charge is 0.229 e. The van der Waals surface area contributed by atoms with Crippen LogP contribution in [0.4, 0.5) is 11.8 Å². The average Bonchev–Trinajstić information content (AvgIpc) is 3.18. The standard InChI is InChI=1S/C18H24N6O3S/c1-11-19-16(27-23-11)12-2-7-24(8-3-12)17-20-13-4-9-28(26)14(13)15(21-17)22-18(10-25)5-6-18/h12,25H,2-10H2,1H3,(H,20,21,22). The minimum Gasteiger partial charge on any atom is -0.394 e. The molecule has 4 heterocycles. The molecule has 3 aliphatic rings.